The van der Waals surface area contributed by atoms with Crippen molar-refractivity contribution in [1.29, 1.82) is 0 Å². The van der Waals surface area contributed by atoms with Gasteiger partial charge in [-0.15, -0.1) is 10.2 Å². The zero-order valence-corrected chi connectivity index (χ0v) is 19.2. The van der Waals surface area contributed by atoms with E-state index in [0.29, 0.717) is 33.5 Å². The highest BCUT2D eigenvalue weighted by atomic mass is 35.5. The van der Waals surface area contributed by atoms with Crippen LogP contribution in [-0.2, 0) is 24.3 Å². The van der Waals surface area contributed by atoms with Gasteiger partial charge in [-0.05, 0) is 12.1 Å². The molecule has 1 aliphatic heterocycles. The largest absolute Gasteiger partial charge is 0.382 e. The summed E-state index contributed by atoms with van der Waals surface area (Å²) in [5.74, 6) is -4.29. The van der Waals surface area contributed by atoms with Crippen molar-refractivity contribution >= 4 is 23.2 Å². The highest BCUT2D eigenvalue weighted by molar-refractivity contribution is 6.33. The molecule has 14 heteroatoms. The van der Waals surface area contributed by atoms with E-state index in [9.17, 15) is 17.6 Å². The number of aromatic nitrogens is 7. The molecule has 5 rings (SSSR count). The van der Waals surface area contributed by atoms with Crippen LogP contribution >= 0.6 is 11.6 Å². The highest BCUT2D eigenvalue weighted by Crippen LogP contribution is 2.41. The zero-order valence-electron chi connectivity index (χ0n) is 18.5. The lowest BCUT2D eigenvalue weighted by Crippen LogP contribution is -2.34. The fraction of sp³-hybridized carbons (Fsp3) is 0.333. The van der Waals surface area contributed by atoms with Crippen LogP contribution in [0.2, 0.25) is 5.02 Å². The summed E-state index contributed by atoms with van der Waals surface area (Å²) >= 11 is 6.43. The molecular formula is C21H19ClF4N8O. The van der Waals surface area contributed by atoms with Crippen LogP contribution in [0, 0.1) is 0 Å². The summed E-state index contributed by atoms with van der Waals surface area (Å²) in [5.41, 5.74) is 1.72. The fourth-order valence-electron chi connectivity index (χ4n) is 4.12. The van der Waals surface area contributed by atoms with E-state index in [1.807, 2.05) is 0 Å². The van der Waals surface area contributed by atoms with E-state index in [0.717, 1.165) is 4.57 Å². The molecule has 0 saturated heterocycles. The van der Waals surface area contributed by atoms with Gasteiger partial charge < -0.3 is 14.6 Å². The number of anilines is 2. The Hall–Kier alpha value is -3.45. The smallest absolute Gasteiger partial charge is 0.365 e. The first kappa shape index (κ1) is 23.3. The SMILES string of the molecule is COC[C@H]1Cn2cc(-c3cc(Nc4ccnn4C)ncc3Cl)cc2-c2nnc(C(F)(F)C(F)F)n21. The molecule has 0 bridgehead atoms. The maximum Gasteiger partial charge on any atom is 0.365 e. The summed E-state index contributed by atoms with van der Waals surface area (Å²) in [4.78, 5) is 4.29. The normalized spacial score (nSPS) is 15.4. The van der Waals surface area contributed by atoms with Crippen molar-refractivity contribution in [3.8, 4) is 22.6 Å². The van der Waals surface area contributed by atoms with Gasteiger partial charge in [0.2, 0.25) is 5.82 Å². The van der Waals surface area contributed by atoms with Crippen molar-refractivity contribution < 1.29 is 22.3 Å². The van der Waals surface area contributed by atoms with E-state index in [1.54, 1.807) is 46.9 Å². The summed E-state index contributed by atoms with van der Waals surface area (Å²) < 4.78 is 64.5. The summed E-state index contributed by atoms with van der Waals surface area (Å²) in [6.45, 7) is 0.183. The summed E-state index contributed by atoms with van der Waals surface area (Å²) in [7, 11) is 3.18. The summed E-state index contributed by atoms with van der Waals surface area (Å²) in [5, 5.41) is 14.9. The number of methoxy groups -OCH3 is 1. The van der Waals surface area contributed by atoms with Crippen molar-refractivity contribution in [2.24, 2.45) is 7.05 Å². The van der Waals surface area contributed by atoms with Crippen molar-refractivity contribution in [3.05, 3.63) is 47.6 Å². The van der Waals surface area contributed by atoms with Gasteiger partial charge in [0.15, 0.2) is 5.82 Å². The predicted molar refractivity (Wildman–Crippen MR) is 119 cm³/mol. The number of halogens is 5. The topological polar surface area (TPSA) is 87.6 Å². The number of pyridine rings is 1. The second-order valence-electron chi connectivity index (χ2n) is 8.03. The predicted octanol–water partition coefficient (Wildman–Crippen LogP) is 4.50. The minimum atomic E-state index is -4.46. The number of aryl methyl sites for hydroxylation is 1. The molecule has 1 atom stereocenters. The number of hydrogen-bond donors (Lipinski definition) is 1. The van der Waals surface area contributed by atoms with Crippen molar-refractivity contribution in [3.63, 3.8) is 0 Å². The highest BCUT2D eigenvalue weighted by Gasteiger charge is 2.49. The summed E-state index contributed by atoms with van der Waals surface area (Å²) in [6.07, 6.45) is 0.989. The van der Waals surface area contributed by atoms with Crippen molar-refractivity contribution in [2.75, 3.05) is 19.0 Å². The van der Waals surface area contributed by atoms with Crippen LogP contribution in [0.15, 0.2) is 36.8 Å². The molecule has 9 nitrogen and oxygen atoms in total. The maximum absolute atomic E-state index is 14.3. The van der Waals surface area contributed by atoms with E-state index >= 15 is 0 Å². The van der Waals surface area contributed by atoms with Crippen LogP contribution < -0.4 is 5.32 Å². The van der Waals surface area contributed by atoms with Crippen LogP contribution in [0.25, 0.3) is 22.6 Å². The molecule has 0 aromatic carbocycles. The molecule has 0 spiro atoms. The van der Waals surface area contributed by atoms with Crippen molar-refractivity contribution in [1.82, 2.24) is 34.1 Å². The molecule has 184 valence electrons. The van der Waals surface area contributed by atoms with E-state index in [4.69, 9.17) is 16.3 Å². The van der Waals surface area contributed by atoms with Gasteiger partial charge in [-0.2, -0.15) is 13.9 Å². The Labute approximate surface area is 201 Å². The van der Waals surface area contributed by atoms with Gasteiger partial charge in [0, 0.05) is 50.3 Å². The van der Waals surface area contributed by atoms with E-state index in [2.05, 4.69) is 25.6 Å². The molecule has 0 amide bonds. The lowest BCUT2D eigenvalue weighted by Gasteiger charge is -2.29. The monoisotopic (exact) mass is 510 g/mol. The minimum absolute atomic E-state index is 0.000900. The molecule has 0 unspecified atom stereocenters. The Bertz CT molecular complexity index is 1380. The second kappa shape index (κ2) is 8.64. The van der Waals surface area contributed by atoms with Gasteiger partial charge >= 0.3 is 12.3 Å². The third-order valence-electron chi connectivity index (χ3n) is 5.77. The Morgan fingerprint density at radius 2 is 2.09 bits per heavy atom. The molecule has 0 saturated carbocycles. The molecule has 4 aromatic heterocycles. The quantitative estimate of drug-likeness (QED) is 0.368. The molecular weight excluding hydrogens is 492 g/mol. The lowest BCUT2D eigenvalue weighted by molar-refractivity contribution is -0.144. The minimum Gasteiger partial charge on any atom is -0.382 e. The van der Waals surface area contributed by atoms with E-state index < -0.39 is 24.2 Å². The lowest BCUT2D eigenvalue weighted by atomic mass is 10.1. The molecule has 5 heterocycles. The number of fused-ring (bicyclic) bond motifs is 3. The zero-order chi connectivity index (χ0) is 24.9. The molecule has 4 aromatic rings. The van der Waals surface area contributed by atoms with Gasteiger partial charge in [0.25, 0.3) is 0 Å². The summed E-state index contributed by atoms with van der Waals surface area (Å²) in [6, 6.07) is 4.50. The third kappa shape index (κ3) is 3.93. The number of nitrogens with zero attached hydrogens (tertiary/aromatic N) is 7. The van der Waals surface area contributed by atoms with Gasteiger partial charge in [-0.3, -0.25) is 9.25 Å². The number of ether oxygens (including phenoxy) is 1. The molecule has 0 aliphatic carbocycles. The molecule has 1 aliphatic rings. The Kier molecular flexibility index (Phi) is 5.75. The van der Waals surface area contributed by atoms with Crippen LogP contribution in [0.4, 0.5) is 29.2 Å². The Morgan fingerprint density at radius 1 is 1.29 bits per heavy atom. The number of nitrogens with one attached hydrogen (secondary N) is 1. The first-order valence-electron chi connectivity index (χ1n) is 10.4. The Morgan fingerprint density at radius 3 is 2.77 bits per heavy atom. The van der Waals surface area contributed by atoms with E-state index in [1.165, 1.54) is 13.3 Å². The van der Waals surface area contributed by atoms with Gasteiger partial charge in [-0.1, -0.05) is 11.6 Å². The van der Waals surface area contributed by atoms with Crippen molar-refractivity contribution in [2.45, 2.75) is 24.9 Å². The first-order chi connectivity index (χ1) is 16.7. The van der Waals surface area contributed by atoms with Gasteiger partial charge in [0.1, 0.15) is 11.6 Å². The third-order valence-corrected chi connectivity index (χ3v) is 6.07. The first-order valence-corrected chi connectivity index (χ1v) is 10.8. The molecule has 0 radical (unpaired) electrons. The number of alkyl halides is 4. The van der Waals surface area contributed by atoms with Gasteiger partial charge in [0.05, 0.1) is 29.6 Å². The molecule has 0 fully saturated rings. The average molecular weight is 511 g/mol. The van der Waals surface area contributed by atoms with Crippen LogP contribution in [0.3, 0.4) is 0 Å². The maximum atomic E-state index is 14.3. The van der Waals surface area contributed by atoms with Crippen LogP contribution in [0.5, 0.6) is 0 Å². The molecule has 35 heavy (non-hydrogen) atoms. The number of rotatable bonds is 7. The van der Waals surface area contributed by atoms with Crippen LogP contribution in [0.1, 0.15) is 11.9 Å². The van der Waals surface area contributed by atoms with E-state index in [-0.39, 0.29) is 19.0 Å². The van der Waals surface area contributed by atoms with Crippen LogP contribution in [-0.4, -0.2) is 54.2 Å². The fourth-order valence-corrected chi connectivity index (χ4v) is 4.33. The van der Waals surface area contributed by atoms with Gasteiger partial charge in [-0.25, -0.2) is 13.8 Å². The molecule has 1 N–H and O–H groups in total. The second-order valence-corrected chi connectivity index (χ2v) is 8.44. The Balaban J connectivity index is 1.57. The number of hydrogen-bond acceptors (Lipinski definition) is 6. The average Bonchev–Trinajstić information content (AvgIpc) is 3.53. The standard InChI is InChI=1S/C21H19ClF4N8O/c1-32-17(3-4-28-32)29-16-6-13(14(22)7-27-16)11-5-15-18-30-31-20(21(25,26)19(23)24)34(18)12(10-35-2)9-33(15)8-11/h3-8,12,19H,9-10H2,1-2H3,(H,27,29)/t12-/m1/s1.